The first-order valence-corrected chi connectivity index (χ1v) is 10.3. The van der Waals surface area contributed by atoms with Crippen LogP contribution in [0.5, 0.6) is 0 Å². The molecular weight excluding hydrogens is 344 g/mol. The topological polar surface area (TPSA) is 61.2 Å². The minimum Gasteiger partial charge on any atom is -0.266 e. The fourth-order valence-corrected chi connectivity index (χ4v) is 5.02. The average Bonchev–Trinajstić information content (AvgIpc) is 3.03. The number of benzene rings is 2. The summed E-state index contributed by atoms with van der Waals surface area (Å²) in [5.41, 5.74) is 4.76. The lowest BCUT2D eigenvalue weighted by molar-refractivity contribution is 0.582. The van der Waals surface area contributed by atoms with Gasteiger partial charge in [-0.3, -0.25) is 4.31 Å². The molecule has 2 aromatic rings. The molecule has 4 nitrogen and oxygen atoms in total. The van der Waals surface area contributed by atoms with Gasteiger partial charge in [-0.05, 0) is 65.3 Å². The van der Waals surface area contributed by atoms with Gasteiger partial charge < -0.3 is 0 Å². The largest absolute Gasteiger partial charge is 0.266 e. The lowest BCUT2D eigenvalue weighted by Gasteiger charge is -2.26. The van der Waals surface area contributed by atoms with Gasteiger partial charge in [-0.1, -0.05) is 33.8 Å². The van der Waals surface area contributed by atoms with E-state index in [-0.39, 0.29) is 10.3 Å². The summed E-state index contributed by atoms with van der Waals surface area (Å²) in [6, 6.07) is 12.4. The molecule has 5 heteroatoms. The fraction of sp³-hybridized carbons (Fsp3) is 0.381. The van der Waals surface area contributed by atoms with E-state index in [1.807, 2.05) is 6.07 Å². The molecule has 0 saturated heterocycles. The van der Waals surface area contributed by atoms with Gasteiger partial charge in [0.05, 0.1) is 22.2 Å². The first kappa shape index (κ1) is 18.5. The van der Waals surface area contributed by atoms with Crippen LogP contribution in [0.3, 0.4) is 0 Å². The van der Waals surface area contributed by atoms with Crippen LogP contribution in [0.4, 0.5) is 5.69 Å². The van der Waals surface area contributed by atoms with E-state index in [2.05, 4.69) is 39.8 Å². The summed E-state index contributed by atoms with van der Waals surface area (Å²) in [6.45, 7) is 9.05. The second kappa shape index (κ2) is 6.44. The number of hydrogen-bond donors (Lipinski definition) is 0. The second-order valence-corrected chi connectivity index (χ2v) is 9.57. The van der Waals surface area contributed by atoms with Crippen LogP contribution in [0.2, 0.25) is 0 Å². The third kappa shape index (κ3) is 3.10. The average molecular weight is 369 g/mol. The van der Waals surface area contributed by atoms with Crippen LogP contribution in [-0.2, 0) is 28.3 Å². The molecule has 1 aliphatic heterocycles. The maximum atomic E-state index is 13.2. The molecular formula is C21H24N2O2S. The van der Waals surface area contributed by atoms with Gasteiger partial charge in [-0.2, -0.15) is 5.26 Å². The molecule has 136 valence electrons. The smallest absolute Gasteiger partial charge is 0.264 e. The number of rotatable bonds is 3. The number of anilines is 1. The number of hydrogen-bond acceptors (Lipinski definition) is 3. The summed E-state index contributed by atoms with van der Waals surface area (Å²) in [6.07, 6.45) is 1.66. The number of nitrogens with zero attached hydrogens (tertiary/aromatic N) is 2. The van der Waals surface area contributed by atoms with E-state index < -0.39 is 10.0 Å². The summed E-state index contributed by atoms with van der Waals surface area (Å²) < 4.78 is 27.8. The number of fused-ring (bicyclic) bond motifs is 1. The third-order valence-corrected chi connectivity index (χ3v) is 6.75. The van der Waals surface area contributed by atoms with Crippen molar-refractivity contribution in [3.05, 3.63) is 58.7 Å². The van der Waals surface area contributed by atoms with Crippen molar-refractivity contribution in [3.63, 3.8) is 0 Å². The van der Waals surface area contributed by atoms with Crippen LogP contribution in [-0.4, -0.2) is 15.0 Å². The maximum Gasteiger partial charge on any atom is 0.264 e. The van der Waals surface area contributed by atoms with Gasteiger partial charge >= 0.3 is 0 Å². The van der Waals surface area contributed by atoms with Crippen molar-refractivity contribution >= 4 is 15.7 Å². The van der Waals surface area contributed by atoms with Gasteiger partial charge in [0, 0.05) is 6.54 Å². The van der Waals surface area contributed by atoms with E-state index in [0.29, 0.717) is 12.1 Å². The van der Waals surface area contributed by atoms with E-state index in [4.69, 9.17) is 5.26 Å². The zero-order chi connectivity index (χ0) is 19.1. The van der Waals surface area contributed by atoms with Crippen LogP contribution in [0.25, 0.3) is 0 Å². The monoisotopic (exact) mass is 368 g/mol. The molecule has 1 aliphatic rings. The fourth-order valence-electron chi connectivity index (χ4n) is 3.53. The highest BCUT2D eigenvalue weighted by Crippen LogP contribution is 2.38. The van der Waals surface area contributed by atoms with Crippen molar-refractivity contribution in [3.8, 4) is 6.07 Å². The van der Waals surface area contributed by atoms with Crippen LogP contribution in [0, 0.1) is 11.3 Å². The van der Waals surface area contributed by atoms with E-state index in [1.54, 1.807) is 12.1 Å². The molecule has 0 saturated carbocycles. The maximum absolute atomic E-state index is 13.2. The molecule has 0 radical (unpaired) electrons. The van der Waals surface area contributed by atoms with Crippen molar-refractivity contribution in [2.24, 2.45) is 0 Å². The molecule has 3 rings (SSSR count). The van der Waals surface area contributed by atoms with Crippen molar-refractivity contribution in [1.29, 1.82) is 5.26 Å². The molecule has 0 N–H and O–H groups in total. The Morgan fingerprint density at radius 2 is 1.81 bits per heavy atom. The molecule has 0 unspecified atom stereocenters. The van der Waals surface area contributed by atoms with Crippen molar-refractivity contribution < 1.29 is 8.42 Å². The summed E-state index contributed by atoms with van der Waals surface area (Å²) in [5, 5.41) is 8.92. The van der Waals surface area contributed by atoms with E-state index in [9.17, 15) is 8.42 Å². The Morgan fingerprint density at radius 3 is 2.35 bits per heavy atom. The molecule has 0 spiro atoms. The van der Waals surface area contributed by atoms with E-state index >= 15 is 0 Å². The zero-order valence-corrected chi connectivity index (χ0v) is 16.5. The highest BCUT2D eigenvalue weighted by atomic mass is 32.2. The van der Waals surface area contributed by atoms with Gasteiger partial charge in [-0.25, -0.2) is 8.42 Å². The van der Waals surface area contributed by atoms with Crippen molar-refractivity contribution in [2.45, 2.75) is 50.8 Å². The molecule has 0 aromatic heterocycles. The third-order valence-electron chi connectivity index (χ3n) is 4.92. The normalized spacial score (nSPS) is 14.2. The first-order chi connectivity index (χ1) is 12.2. The molecule has 0 atom stereocenters. The quantitative estimate of drug-likeness (QED) is 0.817. The number of nitriles is 1. The summed E-state index contributed by atoms with van der Waals surface area (Å²) >= 11 is 0. The van der Waals surface area contributed by atoms with Gasteiger partial charge in [-0.15, -0.1) is 0 Å². The Labute approximate surface area is 156 Å². The highest BCUT2D eigenvalue weighted by molar-refractivity contribution is 7.92. The Morgan fingerprint density at radius 1 is 1.15 bits per heavy atom. The highest BCUT2D eigenvalue weighted by Gasteiger charge is 2.33. The SMILES string of the molecule is CCc1cc2c(cc1C(C)(C)C)N(S(=O)(=O)c1ccc(C#N)cc1)CC2. The van der Waals surface area contributed by atoms with Crippen LogP contribution in [0.15, 0.2) is 41.3 Å². The minimum atomic E-state index is -3.63. The van der Waals surface area contributed by atoms with Crippen LogP contribution >= 0.6 is 0 Å². The van der Waals surface area contributed by atoms with Gasteiger partial charge in [0.2, 0.25) is 0 Å². The predicted molar refractivity (Wildman–Crippen MR) is 104 cm³/mol. The van der Waals surface area contributed by atoms with E-state index in [0.717, 1.165) is 24.1 Å². The number of sulfonamides is 1. The van der Waals surface area contributed by atoms with Crippen molar-refractivity contribution in [2.75, 3.05) is 10.8 Å². The van der Waals surface area contributed by atoms with Crippen molar-refractivity contribution in [1.82, 2.24) is 0 Å². The Kier molecular flexibility index (Phi) is 4.58. The lowest BCUT2D eigenvalue weighted by Crippen LogP contribution is -2.29. The molecule has 0 bridgehead atoms. The van der Waals surface area contributed by atoms with E-state index in [1.165, 1.54) is 27.6 Å². The van der Waals surface area contributed by atoms with Gasteiger partial charge in [0.1, 0.15) is 0 Å². The minimum absolute atomic E-state index is 0.0488. The summed E-state index contributed by atoms with van der Waals surface area (Å²) in [7, 11) is -3.63. The van der Waals surface area contributed by atoms with Crippen LogP contribution < -0.4 is 4.31 Å². The molecule has 26 heavy (non-hydrogen) atoms. The van der Waals surface area contributed by atoms with Gasteiger partial charge in [0.25, 0.3) is 10.0 Å². The Bertz CT molecular complexity index is 978. The molecule has 1 heterocycles. The summed E-state index contributed by atoms with van der Waals surface area (Å²) in [5.74, 6) is 0. The summed E-state index contributed by atoms with van der Waals surface area (Å²) in [4.78, 5) is 0.223. The Hall–Kier alpha value is -2.32. The lowest BCUT2D eigenvalue weighted by atomic mass is 9.82. The number of aryl methyl sites for hydroxylation is 1. The molecule has 0 aliphatic carbocycles. The first-order valence-electron chi connectivity index (χ1n) is 8.87. The molecule has 0 fully saturated rings. The van der Waals surface area contributed by atoms with Gasteiger partial charge in [0.15, 0.2) is 0 Å². The van der Waals surface area contributed by atoms with Crippen LogP contribution in [0.1, 0.15) is 49.9 Å². The molecule has 0 amide bonds. The molecule has 2 aromatic carbocycles. The Balaban J connectivity index is 2.09. The standard InChI is InChI=1S/C21H24N2O2S/c1-5-16-12-17-10-11-23(20(17)13-19(16)21(2,3)4)26(24,25)18-8-6-15(14-22)7-9-18/h6-9,12-13H,5,10-11H2,1-4H3. The second-order valence-electron chi connectivity index (χ2n) is 7.70. The predicted octanol–water partition coefficient (Wildman–Crippen LogP) is 4.17. The zero-order valence-electron chi connectivity index (χ0n) is 15.7.